The summed E-state index contributed by atoms with van der Waals surface area (Å²) in [5.74, 6) is 1.45. The normalized spacial score (nSPS) is 10.9. The third-order valence-electron chi connectivity index (χ3n) is 4.73. The summed E-state index contributed by atoms with van der Waals surface area (Å²) >= 11 is 0. The summed E-state index contributed by atoms with van der Waals surface area (Å²) in [4.78, 5) is 4.79. The van der Waals surface area contributed by atoms with Crippen molar-refractivity contribution in [3.8, 4) is 34.6 Å². The molecule has 0 saturated heterocycles. The van der Waals surface area contributed by atoms with Crippen LogP contribution < -0.4 is 4.74 Å². The van der Waals surface area contributed by atoms with Gasteiger partial charge >= 0.3 is 0 Å². The average Bonchev–Trinajstić information content (AvgIpc) is 3.23. The third kappa shape index (κ3) is 3.01. The third-order valence-corrected chi connectivity index (χ3v) is 4.73. The molecule has 2 aromatic heterocycles. The van der Waals surface area contributed by atoms with Crippen LogP contribution in [0.15, 0.2) is 72.9 Å². The highest BCUT2D eigenvalue weighted by Gasteiger charge is 2.14. The first kappa shape index (κ1) is 16.8. The van der Waals surface area contributed by atoms with Gasteiger partial charge in [-0.3, -0.25) is 5.10 Å². The van der Waals surface area contributed by atoms with Gasteiger partial charge < -0.3 is 9.84 Å². The highest BCUT2D eigenvalue weighted by Crippen LogP contribution is 2.37. The van der Waals surface area contributed by atoms with Crippen molar-refractivity contribution >= 4 is 21.8 Å². The first-order valence-corrected chi connectivity index (χ1v) is 8.95. The Hall–Kier alpha value is -4.37. The molecule has 2 N–H and O–H groups in total. The summed E-state index contributed by atoms with van der Waals surface area (Å²) in [6.07, 6.45) is 1.76. The molecule has 138 valence electrons. The van der Waals surface area contributed by atoms with E-state index in [1.807, 2.05) is 30.3 Å². The van der Waals surface area contributed by atoms with E-state index in [0.29, 0.717) is 17.1 Å². The van der Waals surface area contributed by atoms with Crippen LogP contribution in [-0.2, 0) is 0 Å². The molecular weight excluding hydrogens is 364 g/mol. The molecule has 0 aliphatic carbocycles. The van der Waals surface area contributed by atoms with Crippen molar-refractivity contribution in [3.63, 3.8) is 0 Å². The number of hydrogen-bond acceptors (Lipinski definition) is 5. The molecule has 2 heterocycles. The number of rotatable bonds is 3. The van der Waals surface area contributed by atoms with E-state index in [0.717, 1.165) is 33.1 Å². The monoisotopic (exact) mass is 378 g/mol. The van der Waals surface area contributed by atoms with E-state index < -0.39 is 0 Å². The summed E-state index contributed by atoms with van der Waals surface area (Å²) in [6.45, 7) is 0. The number of aromatic nitrogens is 3. The fraction of sp³-hybridized carbons (Fsp3) is 0. The molecule has 0 saturated carbocycles. The second-order valence-corrected chi connectivity index (χ2v) is 6.58. The minimum atomic E-state index is 0.198. The zero-order valence-corrected chi connectivity index (χ0v) is 15.1. The number of phenols is 1. The SMILES string of the molecule is N#Cc1ccc(Oc2cc(-c3ccc(O)cc3)nc3ccc4[nH]ncc4c23)cc1. The van der Waals surface area contributed by atoms with Crippen molar-refractivity contribution < 1.29 is 9.84 Å². The number of nitrogens with zero attached hydrogens (tertiary/aromatic N) is 3. The van der Waals surface area contributed by atoms with Crippen LogP contribution in [0, 0.1) is 11.3 Å². The predicted octanol–water partition coefficient (Wildman–Crippen LogP) is 5.15. The highest BCUT2D eigenvalue weighted by molar-refractivity contribution is 6.08. The van der Waals surface area contributed by atoms with E-state index in [4.69, 9.17) is 15.0 Å². The lowest BCUT2D eigenvalue weighted by molar-refractivity contribution is 0.475. The molecule has 29 heavy (non-hydrogen) atoms. The van der Waals surface area contributed by atoms with Gasteiger partial charge in [0.15, 0.2) is 0 Å². The first-order chi connectivity index (χ1) is 14.2. The number of nitriles is 1. The lowest BCUT2D eigenvalue weighted by Gasteiger charge is -2.12. The van der Waals surface area contributed by atoms with E-state index in [1.54, 1.807) is 42.6 Å². The smallest absolute Gasteiger partial charge is 0.139 e. The van der Waals surface area contributed by atoms with Crippen molar-refractivity contribution in [2.75, 3.05) is 0 Å². The van der Waals surface area contributed by atoms with Gasteiger partial charge in [0.05, 0.1) is 39.9 Å². The maximum absolute atomic E-state index is 9.58. The van der Waals surface area contributed by atoms with Crippen molar-refractivity contribution in [1.82, 2.24) is 15.2 Å². The molecule has 5 rings (SSSR count). The van der Waals surface area contributed by atoms with Crippen molar-refractivity contribution in [2.24, 2.45) is 0 Å². The second kappa shape index (κ2) is 6.66. The molecule has 6 nitrogen and oxygen atoms in total. The Bertz CT molecular complexity index is 1380. The lowest BCUT2D eigenvalue weighted by atomic mass is 10.1. The molecule has 0 aliphatic heterocycles. The zero-order chi connectivity index (χ0) is 19.8. The zero-order valence-electron chi connectivity index (χ0n) is 15.1. The summed E-state index contributed by atoms with van der Waals surface area (Å²) in [6, 6.07) is 21.7. The molecule has 0 radical (unpaired) electrons. The van der Waals surface area contributed by atoms with Gasteiger partial charge in [0, 0.05) is 17.0 Å². The van der Waals surface area contributed by atoms with Crippen LogP contribution in [0.1, 0.15) is 5.56 Å². The Morgan fingerprint density at radius 1 is 0.966 bits per heavy atom. The number of aromatic hydroxyl groups is 1. The van der Waals surface area contributed by atoms with Gasteiger partial charge in [-0.05, 0) is 60.7 Å². The van der Waals surface area contributed by atoms with E-state index >= 15 is 0 Å². The topological polar surface area (TPSA) is 94.8 Å². The summed E-state index contributed by atoms with van der Waals surface area (Å²) in [5.41, 5.74) is 3.82. The predicted molar refractivity (Wildman–Crippen MR) is 110 cm³/mol. The summed E-state index contributed by atoms with van der Waals surface area (Å²) in [5, 5.41) is 27.5. The van der Waals surface area contributed by atoms with E-state index in [2.05, 4.69) is 16.3 Å². The van der Waals surface area contributed by atoms with Gasteiger partial charge in [-0.1, -0.05) is 0 Å². The first-order valence-electron chi connectivity index (χ1n) is 8.95. The van der Waals surface area contributed by atoms with Gasteiger partial charge in [0.25, 0.3) is 0 Å². The van der Waals surface area contributed by atoms with Crippen molar-refractivity contribution in [3.05, 3.63) is 78.5 Å². The van der Waals surface area contributed by atoms with Crippen LogP contribution in [0.2, 0.25) is 0 Å². The van der Waals surface area contributed by atoms with Crippen LogP contribution in [0.25, 0.3) is 33.1 Å². The van der Waals surface area contributed by atoms with E-state index in [9.17, 15) is 5.11 Å². The van der Waals surface area contributed by atoms with Crippen LogP contribution in [0.3, 0.4) is 0 Å². The number of phenolic OH excluding ortho intramolecular Hbond substituents is 1. The Morgan fingerprint density at radius 3 is 2.52 bits per heavy atom. The minimum absolute atomic E-state index is 0.198. The van der Waals surface area contributed by atoms with Crippen LogP contribution in [0.4, 0.5) is 0 Å². The molecule has 0 unspecified atom stereocenters. The molecule has 0 spiro atoms. The summed E-state index contributed by atoms with van der Waals surface area (Å²) in [7, 11) is 0. The van der Waals surface area contributed by atoms with Crippen LogP contribution in [-0.4, -0.2) is 20.3 Å². The number of pyridine rings is 1. The number of fused-ring (bicyclic) bond motifs is 3. The van der Waals surface area contributed by atoms with Gasteiger partial charge in [-0.15, -0.1) is 0 Å². The van der Waals surface area contributed by atoms with Crippen LogP contribution in [0.5, 0.6) is 17.2 Å². The van der Waals surface area contributed by atoms with E-state index in [1.165, 1.54) is 0 Å². The van der Waals surface area contributed by atoms with Crippen molar-refractivity contribution in [1.29, 1.82) is 5.26 Å². The van der Waals surface area contributed by atoms with E-state index in [-0.39, 0.29) is 5.75 Å². The Morgan fingerprint density at radius 2 is 1.76 bits per heavy atom. The average molecular weight is 378 g/mol. The standard InChI is InChI=1S/C23H14N4O2/c24-12-14-1-7-17(8-2-14)29-22-11-21(15-3-5-16(28)6-4-15)26-20-10-9-19-18(23(20)22)13-25-27-19/h1-11,13,28H,(H,25,27). The Kier molecular flexibility index (Phi) is 3.85. The van der Waals surface area contributed by atoms with Gasteiger partial charge in [0.2, 0.25) is 0 Å². The van der Waals surface area contributed by atoms with Crippen molar-refractivity contribution in [2.45, 2.75) is 0 Å². The Balaban J connectivity index is 1.72. The van der Waals surface area contributed by atoms with Gasteiger partial charge in [-0.25, -0.2) is 4.98 Å². The lowest BCUT2D eigenvalue weighted by Crippen LogP contribution is -1.92. The van der Waals surface area contributed by atoms with Crippen LogP contribution >= 0.6 is 0 Å². The second-order valence-electron chi connectivity index (χ2n) is 6.58. The number of aromatic amines is 1. The molecule has 5 aromatic rings. The molecule has 0 aliphatic rings. The quantitative estimate of drug-likeness (QED) is 0.453. The maximum Gasteiger partial charge on any atom is 0.139 e. The molecule has 0 bridgehead atoms. The summed E-state index contributed by atoms with van der Waals surface area (Å²) < 4.78 is 6.21. The largest absolute Gasteiger partial charge is 0.508 e. The minimum Gasteiger partial charge on any atom is -0.508 e. The molecule has 3 aromatic carbocycles. The van der Waals surface area contributed by atoms with Gasteiger partial charge in [0.1, 0.15) is 17.2 Å². The van der Waals surface area contributed by atoms with Gasteiger partial charge in [-0.2, -0.15) is 10.4 Å². The number of nitrogens with one attached hydrogen (secondary N) is 1. The molecular formula is C23H14N4O2. The number of ether oxygens (including phenoxy) is 1. The number of hydrogen-bond donors (Lipinski definition) is 2. The maximum atomic E-state index is 9.58. The number of benzene rings is 3. The Labute approximate surface area is 165 Å². The molecule has 6 heteroatoms. The highest BCUT2D eigenvalue weighted by atomic mass is 16.5. The molecule has 0 atom stereocenters. The molecule has 0 amide bonds. The fourth-order valence-corrected chi connectivity index (χ4v) is 3.30. The number of H-pyrrole nitrogens is 1. The molecule has 0 fully saturated rings. The fourth-order valence-electron chi connectivity index (χ4n) is 3.30.